The molecule has 0 unspecified atom stereocenters. The summed E-state index contributed by atoms with van der Waals surface area (Å²) in [6.45, 7) is 0.754. The lowest BCUT2D eigenvalue weighted by atomic mass is 10.1. The van der Waals surface area contributed by atoms with Crippen molar-refractivity contribution in [2.75, 3.05) is 23.3 Å². The zero-order valence-corrected chi connectivity index (χ0v) is 17.4. The number of sulfonamides is 1. The van der Waals surface area contributed by atoms with Crippen LogP contribution in [0.1, 0.15) is 10.4 Å². The molecule has 0 spiro atoms. The van der Waals surface area contributed by atoms with E-state index in [4.69, 9.17) is 25.8 Å². The summed E-state index contributed by atoms with van der Waals surface area (Å²) < 4.78 is 44.9. The molecule has 2 aliphatic rings. The van der Waals surface area contributed by atoms with Gasteiger partial charge in [0.25, 0.3) is 15.9 Å². The third-order valence-electron chi connectivity index (χ3n) is 4.71. The Balaban J connectivity index is 1.44. The van der Waals surface area contributed by atoms with Crippen molar-refractivity contribution in [2.24, 2.45) is 0 Å². The van der Waals surface area contributed by atoms with Gasteiger partial charge in [-0.2, -0.15) is 0 Å². The van der Waals surface area contributed by atoms with Crippen LogP contribution in [0, 0.1) is 0 Å². The fourth-order valence-electron chi connectivity index (χ4n) is 3.26. The van der Waals surface area contributed by atoms with Gasteiger partial charge in [0.15, 0.2) is 17.2 Å². The monoisotopic (exact) mass is 458 g/mol. The van der Waals surface area contributed by atoms with Crippen molar-refractivity contribution in [2.45, 2.75) is 4.90 Å². The van der Waals surface area contributed by atoms with Gasteiger partial charge >= 0.3 is 0 Å². The normalized spacial score (nSPS) is 14.4. The lowest BCUT2D eigenvalue weighted by Gasteiger charge is -2.19. The molecule has 10 heteroatoms. The van der Waals surface area contributed by atoms with Gasteiger partial charge in [-0.1, -0.05) is 11.6 Å². The van der Waals surface area contributed by atoms with Crippen molar-refractivity contribution >= 4 is 38.9 Å². The van der Waals surface area contributed by atoms with Gasteiger partial charge in [0.1, 0.15) is 19.0 Å². The molecule has 2 heterocycles. The highest BCUT2D eigenvalue weighted by molar-refractivity contribution is 7.92. The van der Waals surface area contributed by atoms with E-state index in [1.165, 1.54) is 30.3 Å². The lowest BCUT2D eigenvalue weighted by molar-refractivity contribution is 0.102. The molecule has 0 radical (unpaired) electrons. The van der Waals surface area contributed by atoms with E-state index in [0.29, 0.717) is 46.9 Å². The molecule has 31 heavy (non-hydrogen) atoms. The Morgan fingerprint density at radius 2 is 1.61 bits per heavy atom. The maximum absolute atomic E-state index is 12.9. The molecule has 0 fully saturated rings. The number of anilines is 2. The summed E-state index contributed by atoms with van der Waals surface area (Å²) in [6.07, 6.45) is 0. The summed E-state index contributed by atoms with van der Waals surface area (Å²) in [4.78, 5) is 12.7. The number of carbonyl (C=O) groups excluding carboxylic acids is 1. The number of rotatable bonds is 3. The van der Waals surface area contributed by atoms with Crippen molar-refractivity contribution in [1.82, 2.24) is 0 Å². The number of carbonyl (C=O) groups is 1. The Bertz CT molecular complexity index is 1330. The molecule has 0 atom stereocenters. The van der Waals surface area contributed by atoms with Gasteiger partial charge in [-0.25, -0.2) is 8.42 Å². The minimum Gasteiger partial charge on any atom is -0.486 e. The van der Waals surface area contributed by atoms with Gasteiger partial charge in [0.2, 0.25) is 0 Å². The maximum atomic E-state index is 12.9. The van der Waals surface area contributed by atoms with Gasteiger partial charge in [-0.05, 0) is 48.5 Å². The van der Waals surface area contributed by atoms with Gasteiger partial charge in [-0.3, -0.25) is 9.52 Å². The Kier molecular flexibility index (Phi) is 4.64. The number of ether oxygens (including phenoxy) is 3. The fraction of sp³-hybridized carbons (Fsp3) is 0.0952. The fourth-order valence-corrected chi connectivity index (χ4v) is 4.50. The van der Waals surface area contributed by atoms with Crippen LogP contribution in [0.25, 0.3) is 0 Å². The van der Waals surface area contributed by atoms with E-state index in [0.717, 1.165) is 0 Å². The number of hydrogen-bond donors (Lipinski definition) is 2. The Labute approximate surface area is 182 Å². The average molecular weight is 459 g/mol. The predicted molar refractivity (Wildman–Crippen MR) is 114 cm³/mol. The second-order valence-corrected chi connectivity index (χ2v) is 8.94. The van der Waals surface area contributed by atoms with E-state index in [2.05, 4.69) is 10.0 Å². The summed E-state index contributed by atoms with van der Waals surface area (Å²) in [7, 11) is -3.93. The molecule has 0 saturated carbocycles. The topological polar surface area (TPSA) is 103 Å². The molecular formula is C21H15ClN2O6S. The van der Waals surface area contributed by atoms with Crippen LogP contribution in [0.15, 0.2) is 59.5 Å². The first-order valence-corrected chi connectivity index (χ1v) is 11.1. The number of halogens is 1. The molecule has 0 saturated heterocycles. The number of hydrogen-bond acceptors (Lipinski definition) is 6. The van der Waals surface area contributed by atoms with Crippen molar-refractivity contribution in [1.29, 1.82) is 0 Å². The standard InChI is InChI=1S/C21H15ClN2O6S/c22-12-1-4-18-16(9-12)23-21(25)15-10-13(2-5-17(15)30-18)24-31(26,27)14-3-6-19-20(11-14)29-8-7-28-19/h1-6,9-11,24H,7-8H2,(H,23,25). The summed E-state index contributed by atoms with van der Waals surface area (Å²) in [6, 6.07) is 13.7. The SMILES string of the molecule is O=C1Nc2cc(Cl)ccc2Oc2ccc(NS(=O)(=O)c3ccc4c(c3)OCCO4)cc21. The summed E-state index contributed by atoms with van der Waals surface area (Å²) in [5, 5.41) is 3.17. The Hall–Kier alpha value is -3.43. The van der Waals surface area contributed by atoms with Gasteiger partial charge in [0, 0.05) is 16.8 Å². The summed E-state index contributed by atoms with van der Waals surface area (Å²) in [5.41, 5.74) is 0.804. The molecule has 2 aliphatic heterocycles. The summed E-state index contributed by atoms with van der Waals surface area (Å²) >= 11 is 5.99. The highest BCUT2D eigenvalue weighted by atomic mass is 35.5. The van der Waals surface area contributed by atoms with Gasteiger partial charge in [0.05, 0.1) is 16.1 Å². The second-order valence-electron chi connectivity index (χ2n) is 6.82. The minimum atomic E-state index is -3.93. The van der Waals surface area contributed by atoms with Gasteiger partial charge < -0.3 is 19.5 Å². The van der Waals surface area contributed by atoms with Crippen molar-refractivity contribution in [3.8, 4) is 23.0 Å². The van der Waals surface area contributed by atoms with Gasteiger partial charge in [-0.15, -0.1) is 0 Å². The quantitative estimate of drug-likeness (QED) is 0.607. The first-order chi connectivity index (χ1) is 14.9. The Morgan fingerprint density at radius 3 is 2.45 bits per heavy atom. The van der Waals surface area contributed by atoms with E-state index in [1.54, 1.807) is 24.3 Å². The van der Waals surface area contributed by atoms with E-state index in [9.17, 15) is 13.2 Å². The number of fused-ring (bicyclic) bond motifs is 3. The molecule has 8 nitrogen and oxygen atoms in total. The molecule has 0 bridgehead atoms. The molecular weight excluding hydrogens is 444 g/mol. The minimum absolute atomic E-state index is 0.00874. The smallest absolute Gasteiger partial charge is 0.262 e. The third kappa shape index (κ3) is 3.73. The average Bonchev–Trinajstić information content (AvgIpc) is 2.88. The first kappa shape index (κ1) is 19.5. The van der Waals surface area contributed by atoms with Crippen LogP contribution in [0.4, 0.5) is 11.4 Å². The van der Waals surface area contributed by atoms with E-state index in [-0.39, 0.29) is 16.1 Å². The van der Waals surface area contributed by atoms with Crippen LogP contribution in [0.2, 0.25) is 5.02 Å². The van der Waals surface area contributed by atoms with Crippen LogP contribution in [-0.2, 0) is 10.0 Å². The van der Waals surface area contributed by atoms with Crippen molar-refractivity contribution < 1.29 is 27.4 Å². The van der Waals surface area contributed by atoms with Crippen molar-refractivity contribution in [3.05, 3.63) is 65.2 Å². The first-order valence-electron chi connectivity index (χ1n) is 9.24. The third-order valence-corrected chi connectivity index (χ3v) is 6.32. The lowest BCUT2D eigenvalue weighted by Crippen LogP contribution is -2.17. The van der Waals surface area contributed by atoms with Crippen LogP contribution in [0.5, 0.6) is 23.0 Å². The number of benzene rings is 3. The van der Waals surface area contributed by atoms with Crippen LogP contribution in [-0.4, -0.2) is 27.5 Å². The zero-order valence-electron chi connectivity index (χ0n) is 15.8. The van der Waals surface area contributed by atoms with Crippen molar-refractivity contribution in [3.63, 3.8) is 0 Å². The van der Waals surface area contributed by atoms with Crippen LogP contribution in [0.3, 0.4) is 0 Å². The zero-order chi connectivity index (χ0) is 21.6. The second kappa shape index (κ2) is 7.36. The Morgan fingerprint density at radius 1 is 0.871 bits per heavy atom. The highest BCUT2D eigenvalue weighted by Gasteiger charge is 2.24. The van der Waals surface area contributed by atoms with Crippen LogP contribution >= 0.6 is 11.6 Å². The molecule has 3 aromatic rings. The van der Waals surface area contributed by atoms with E-state index >= 15 is 0 Å². The predicted octanol–water partition coefficient (Wildman–Crippen LogP) is 4.27. The number of nitrogens with one attached hydrogen (secondary N) is 2. The largest absolute Gasteiger partial charge is 0.486 e. The molecule has 0 aliphatic carbocycles. The molecule has 2 N–H and O–H groups in total. The molecule has 5 rings (SSSR count). The number of amides is 1. The highest BCUT2D eigenvalue weighted by Crippen LogP contribution is 2.38. The van der Waals surface area contributed by atoms with E-state index < -0.39 is 15.9 Å². The maximum Gasteiger partial charge on any atom is 0.262 e. The van der Waals surface area contributed by atoms with Crippen LogP contribution < -0.4 is 24.2 Å². The molecule has 158 valence electrons. The molecule has 0 aromatic heterocycles. The molecule has 1 amide bonds. The van der Waals surface area contributed by atoms with E-state index in [1.807, 2.05) is 0 Å². The molecule has 3 aromatic carbocycles. The summed E-state index contributed by atoms with van der Waals surface area (Å²) in [5.74, 6) is 1.13.